The summed E-state index contributed by atoms with van der Waals surface area (Å²) in [5, 5.41) is 9.68. The Morgan fingerprint density at radius 1 is 1.33 bits per heavy atom. The molecule has 1 heterocycles. The predicted octanol–water partition coefficient (Wildman–Crippen LogP) is 4.00. The topological polar surface area (TPSA) is 42.4 Å². The second-order valence-electron chi connectivity index (χ2n) is 4.09. The van der Waals surface area contributed by atoms with Crippen LogP contribution in [0.2, 0.25) is 0 Å². The molecule has 1 aromatic heterocycles. The van der Waals surface area contributed by atoms with Gasteiger partial charge >= 0.3 is 0 Å². The second-order valence-corrected chi connectivity index (χ2v) is 5.00. The van der Waals surface area contributed by atoms with Crippen LogP contribution in [0.15, 0.2) is 41.0 Å². The van der Waals surface area contributed by atoms with Crippen LogP contribution in [-0.4, -0.2) is 10.1 Å². The number of aliphatic hydroxyl groups excluding tert-OH is 1. The van der Waals surface area contributed by atoms with Gasteiger partial charge in [-0.2, -0.15) is 0 Å². The van der Waals surface area contributed by atoms with Crippen LogP contribution in [0.1, 0.15) is 24.2 Å². The fourth-order valence-corrected chi connectivity index (χ4v) is 1.93. The van der Waals surface area contributed by atoms with Crippen molar-refractivity contribution in [1.82, 2.24) is 4.98 Å². The Morgan fingerprint density at radius 2 is 2.11 bits per heavy atom. The van der Waals surface area contributed by atoms with Crippen molar-refractivity contribution in [1.29, 1.82) is 0 Å². The zero-order valence-electron chi connectivity index (χ0n) is 10.2. The molecule has 2 aromatic rings. The number of aliphatic hydroxyl groups is 1. The summed E-state index contributed by atoms with van der Waals surface area (Å²) in [6.45, 7) is 3.66. The first-order chi connectivity index (χ1) is 8.58. The zero-order chi connectivity index (χ0) is 13.1. The number of aromatic nitrogens is 1. The first-order valence-corrected chi connectivity index (χ1v) is 6.44. The van der Waals surface area contributed by atoms with E-state index in [2.05, 4.69) is 20.9 Å². The molecule has 0 fully saturated rings. The van der Waals surface area contributed by atoms with Gasteiger partial charge in [-0.3, -0.25) is 0 Å². The number of rotatable bonds is 3. The Hall–Kier alpha value is -1.39. The van der Waals surface area contributed by atoms with E-state index >= 15 is 0 Å². The number of ether oxygens (including phenoxy) is 1. The highest BCUT2D eigenvalue weighted by atomic mass is 79.9. The van der Waals surface area contributed by atoms with Crippen LogP contribution in [0.3, 0.4) is 0 Å². The van der Waals surface area contributed by atoms with Crippen molar-refractivity contribution >= 4 is 15.9 Å². The Labute approximate surface area is 115 Å². The van der Waals surface area contributed by atoms with Gasteiger partial charge in [0.15, 0.2) is 0 Å². The van der Waals surface area contributed by atoms with Gasteiger partial charge in [0.2, 0.25) is 5.88 Å². The van der Waals surface area contributed by atoms with Crippen molar-refractivity contribution in [2.75, 3.05) is 0 Å². The molecule has 4 heteroatoms. The largest absolute Gasteiger partial charge is 0.438 e. The van der Waals surface area contributed by atoms with Crippen LogP contribution >= 0.6 is 15.9 Å². The van der Waals surface area contributed by atoms with Crippen molar-refractivity contribution in [2.45, 2.75) is 20.0 Å². The van der Waals surface area contributed by atoms with Crippen molar-refractivity contribution in [3.63, 3.8) is 0 Å². The molecule has 0 radical (unpaired) electrons. The van der Waals surface area contributed by atoms with E-state index in [0.29, 0.717) is 11.4 Å². The maximum atomic E-state index is 9.68. The smallest absolute Gasteiger partial charge is 0.225 e. The summed E-state index contributed by atoms with van der Waals surface area (Å²) in [5.41, 5.74) is 1.69. The van der Waals surface area contributed by atoms with E-state index in [1.165, 1.54) is 0 Å². The van der Waals surface area contributed by atoms with Gasteiger partial charge in [0, 0.05) is 16.2 Å². The lowest BCUT2D eigenvalue weighted by Gasteiger charge is -2.13. The van der Waals surface area contributed by atoms with E-state index in [0.717, 1.165) is 15.8 Å². The number of benzene rings is 1. The minimum atomic E-state index is -0.610. The maximum Gasteiger partial charge on any atom is 0.225 e. The second kappa shape index (κ2) is 5.50. The van der Waals surface area contributed by atoms with Gasteiger partial charge in [-0.25, -0.2) is 4.98 Å². The van der Waals surface area contributed by atoms with Gasteiger partial charge in [0.25, 0.3) is 0 Å². The molecule has 0 saturated heterocycles. The minimum absolute atomic E-state index is 0.439. The predicted molar refractivity (Wildman–Crippen MR) is 73.8 cm³/mol. The number of nitrogens with zero attached hydrogens (tertiary/aromatic N) is 1. The summed E-state index contributed by atoms with van der Waals surface area (Å²) in [7, 11) is 0. The number of pyridine rings is 1. The molecule has 0 bridgehead atoms. The van der Waals surface area contributed by atoms with Crippen molar-refractivity contribution in [3.05, 3.63) is 52.1 Å². The van der Waals surface area contributed by atoms with Gasteiger partial charge in [-0.05, 0) is 43.7 Å². The Balaban J connectivity index is 2.37. The summed E-state index contributed by atoms with van der Waals surface area (Å²) < 4.78 is 6.72. The van der Waals surface area contributed by atoms with Crippen molar-refractivity contribution < 1.29 is 9.84 Å². The average Bonchev–Trinajstić information content (AvgIpc) is 2.34. The van der Waals surface area contributed by atoms with Gasteiger partial charge in [0.1, 0.15) is 5.75 Å². The monoisotopic (exact) mass is 307 g/mol. The molecule has 1 N–H and O–H groups in total. The molecule has 3 nitrogen and oxygen atoms in total. The molecule has 0 saturated carbocycles. The first kappa shape index (κ1) is 13.1. The third kappa shape index (κ3) is 2.89. The molecular formula is C14H14BrNO2. The normalized spacial score (nSPS) is 12.2. The van der Waals surface area contributed by atoms with Gasteiger partial charge in [-0.15, -0.1) is 0 Å². The Bertz CT molecular complexity index is 555. The molecule has 0 aliphatic heterocycles. The number of aryl methyl sites for hydroxylation is 1. The molecule has 0 aliphatic carbocycles. The van der Waals surface area contributed by atoms with Gasteiger partial charge in [-0.1, -0.05) is 22.0 Å². The quantitative estimate of drug-likeness (QED) is 0.932. The summed E-state index contributed by atoms with van der Waals surface area (Å²) in [6.07, 6.45) is 1.04. The Morgan fingerprint density at radius 3 is 2.83 bits per heavy atom. The number of halogens is 1. The third-order valence-electron chi connectivity index (χ3n) is 2.61. The minimum Gasteiger partial charge on any atom is -0.438 e. The van der Waals surface area contributed by atoms with Crippen LogP contribution in [0, 0.1) is 6.92 Å². The highest BCUT2D eigenvalue weighted by Crippen LogP contribution is 2.30. The average molecular weight is 308 g/mol. The molecule has 1 aromatic carbocycles. The fourth-order valence-electron chi connectivity index (χ4n) is 1.59. The van der Waals surface area contributed by atoms with E-state index in [1.54, 1.807) is 25.3 Å². The molecule has 2 rings (SSSR count). The standard InChI is InChI=1S/C14H14BrNO2/c1-9-5-6-11(15)8-13(9)18-14-12(10(2)17)4-3-7-16-14/h3-8,10,17H,1-2H3. The molecule has 0 spiro atoms. The van der Waals surface area contributed by atoms with Crippen molar-refractivity contribution in [3.8, 4) is 11.6 Å². The summed E-state index contributed by atoms with van der Waals surface area (Å²) >= 11 is 3.41. The van der Waals surface area contributed by atoms with Crippen LogP contribution < -0.4 is 4.74 Å². The van der Waals surface area contributed by atoms with Crippen LogP contribution in [-0.2, 0) is 0 Å². The summed E-state index contributed by atoms with van der Waals surface area (Å²) in [6, 6.07) is 9.39. The summed E-state index contributed by atoms with van der Waals surface area (Å²) in [4.78, 5) is 4.17. The fraction of sp³-hybridized carbons (Fsp3) is 0.214. The van der Waals surface area contributed by atoms with Gasteiger partial charge < -0.3 is 9.84 Å². The van der Waals surface area contributed by atoms with Crippen molar-refractivity contribution in [2.24, 2.45) is 0 Å². The lowest BCUT2D eigenvalue weighted by atomic mass is 10.2. The summed E-state index contributed by atoms with van der Waals surface area (Å²) in [5.74, 6) is 1.17. The molecule has 1 atom stereocenters. The highest BCUT2D eigenvalue weighted by molar-refractivity contribution is 9.10. The lowest BCUT2D eigenvalue weighted by Crippen LogP contribution is -1.98. The van der Waals surface area contributed by atoms with E-state index < -0.39 is 6.10 Å². The number of hydrogen-bond donors (Lipinski definition) is 1. The Kier molecular flexibility index (Phi) is 3.99. The van der Waals surface area contributed by atoms with E-state index in [-0.39, 0.29) is 0 Å². The zero-order valence-corrected chi connectivity index (χ0v) is 11.8. The molecule has 0 amide bonds. The molecule has 94 valence electrons. The van der Waals surface area contributed by atoms with E-state index in [1.807, 2.05) is 25.1 Å². The molecule has 18 heavy (non-hydrogen) atoms. The SMILES string of the molecule is Cc1ccc(Br)cc1Oc1ncccc1C(C)O. The van der Waals surface area contributed by atoms with E-state index in [9.17, 15) is 5.11 Å². The lowest BCUT2D eigenvalue weighted by molar-refractivity contribution is 0.194. The molecule has 0 aliphatic rings. The van der Waals surface area contributed by atoms with Gasteiger partial charge in [0.05, 0.1) is 6.10 Å². The maximum absolute atomic E-state index is 9.68. The van der Waals surface area contributed by atoms with Crippen LogP contribution in [0.4, 0.5) is 0 Å². The van der Waals surface area contributed by atoms with E-state index in [4.69, 9.17) is 4.74 Å². The third-order valence-corrected chi connectivity index (χ3v) is 3.10. The molecular weight excluding hydrogens is 294 g/mol. The highest BCUT2D eigenvalue weighted by Gasteiger charge is 2.11. The van der Waals surface area contributed by atoms with Crippen LogP contribution in [0.25, 0.3) is 0 Å². The molecule has 1 unspecified atom stereocenters. The first-order valence-electron chi connectivity index (χ1n) is 5.65. The van der Waals surface area contributed by atoms with Crippen LogP contribution in [0.5, 0.6) is 11.6 Å². The number of hydrogen-bond acceptors (Lipinski definition) is 3.